The van der Waals surface area contributed by atoms with Crippen LogP contribution in [0.15, 0.2) is 0 Å². The molecule has 0 saturated carbocycles. The number of nitrogens with one attached hydrogen (secondary N) is 3. The van der Waals surface area contributed by atoms with Gasteiger partial charge in [0.15, 0.2) is 0 Å². The van der Waals surface area contributed by atoms with Crippen LogP contribution in [0.5, 0.6) is 0 Å². The van der Waals surface area contributed by atoms with Gasteiger partial charge in [-0.3, -0.25) is 14.9 Å². The Morgan fingerprint density at radius 1 is 1.44 bits per heavy atom. The molecule has 0 radical (unpaired) electrons. The van der Waals surface area contributed by atoms with Crippen molar-refractivity contribution >= 4 is 21.8 Å². The van der Waals surface area contributed by atoms with E-state index in [-0.39, 0.29) is 24.6 Å². The molecule has 1 heterocycles. The molecule has 16 heavy (non-hydrogen) atoms. The van der Waals surface area contributed by atoms with E-state index >= 15 is 0 Å². The van der Waals surface area contributed by atoms with Gasteiger partial charge in [-0.2, -0.15) is 0 Å². The summed E-state index contributed by atoms with van der Waals surface area (Å²) in [5.41, 5.74) is 0. The molecule has 0 bridgehead atoms. The molecule has 1 aliphatic rings. The predicted molar refractivity (Wildman–Crippen MR) is 57.0 cm³/mol. The lowest BCUT2D eigenvalue weighted by Crippen LogP contribution is -2.40. The highest BCUT2D eigenvalue weighted by Gasteiger charge is 2.29. The second kappa shape index (κ2) is 5.37. The maximum absolute atomic E-state index is 11.2. The molecule has 7 nitrogen and oxygen atoms in total. The van der Waals surface area contributed by atoms with Crippen molar-refractivity contribution in [2.24, 2.45) is 0 Å². The van der Waals surface area contributed by atoms with Crippen LogP contribution in [0.3, 0.4) is 0 Å². The lowest BCUT2D eigenvalue weighted by molar-refractivity contribution is -0.125. The van der Waals surface area contributed by atoms with Crippen LogP contribution in [0.2, 0.25) is 0 Å². The summed E-state index contributed by atoms with van der Waals surface area (Å²) >= 11 is 0. The average molecular weight is 249 g/mol. The van der Waals surface area contributed by atoms with Crippen LogP contribution in [0.25, 0.3) is 0 Å². The second-order valence-corrected chi connectivity index (χ2v) is 5.37. The molecular formula is C8H15N3O4S. The third kappa shape index (κ3) is 3.87. The van der Waals surface area contributed by atoms with E-state index in [0.717, 1.165) is 0 Å². The van der Waals surface area contributed by atoms with Gasteiger partial charge in [0, 0.05) is 13.1 Å². The van der Waals surface area contributed by atoms with E-state index in [9.17, 15) is 18.0 Å². The zero-order valence-corrected chi connectivity index (χ0v) is 9.76. The van der Waals surface area contributed by atoms with Gasteiger partial charge in [-0.15, -0.1) is 0 Å². The lowest BCUT2D eigenvalue weighted by atomic mass is 10.2. The van der Waals surface area contributed by atoms with Gasteiger partial charge in [0.2, 0.25) is 21.8 Å². The van der Waals surface area contributed by atoms with Gasteiger partial charge in [0.1, 0.15) is 0 Å². The van der Waals surface area contributed by atoms with E-state index < -0.39 is 22.0 Å². The highest BCUT2D eigenvalue weighted by Crippen LogP contribution is 2.00. The first-order chi connectivity index (χ1) is 7.44. The lowest BCUT2D eigenvalue weighted by Gasteiger charge is -2.09. The number of hydrogen-bond acceptors (Lipinski definition) is 5. The number of carbonyl (C=O) groups is 2. The molecule has 0 aromatic carbocycles. The Bertz CT molecular complexity index is 379. The van der Waals surface area contributed by atoms with E-state index in [1.54, 1.807) is 6.92 Å². The van der Waals surface area contributed by atoms with E-state index in [0.29, 0.717) is 6.54 Å². The highest BCUT2D eigenvalue weighted by atomic mass is 32.2. The molecule has 1 atom stereocenters. The van der Waals surface area contributed by atoms with Gasteiger partial charge in [0.25, 0.3) is 0 Å². The van der Waals surface area contributed by atoms with Gasteiger partial charge in [0.05, 0.1) is 18.2 Å². The highest BCUT2D eigenvalue weighted by molar-refractivity contribution is 7.89. The largest absolute Gasteiger partial charge is 0.304 e. The van der Waals surface area contributed by atoms with Gasteiger partial charge >= 0.3 is 0 Å². The van der Waals surface area contributed by atoms with E-state index in [1.165, 1.54) is 0 Å². The van der Waals surface area contributed by atoms with E-state index in [1.807, 2.05) is 0 Å². The SMILES string of the molecule is CCNS(=O)(=O)CCNC1CC(=O)NC1=O. The zero-order chi connectivity index (χ0) is 12.2. The van der Waals surface area contributed by atoms with Crippen molar-refractivity contribution < 1.29 is 18.0 Å². The van der Waals surface area contributed by atoms with Crippen molar-refractivity contribution in [1.29, 1.82) is 0 Å². The van der Waals surface area contributed by atoms with Crippen LogP contribution in [-0.4, -0.2) is 45.1 Å². The van der Waals surface area contributed by atoms with Gasteiger partial charge < -0.3 is 5.32 Å². The van der Waals surface area contributed by atoms with Crippen LogP contribution in [-0.2, 0) is 19.6 Å². The van der Waals surface area contributed by atoms with Crippen molar-refractivity contribution in [3.8, 4) is 0 Å². The number of amides is 2. The van der Waals surface area contributed by atoms with Crippen molar-refractivity contribution in [3.63, 3.8) is 0 Å². The molecule has 0 spiro atoms. The van der Waals surface area contributed by atoms with Crippen molar-refractivity contribution in [2.45, 2.75) is 19.4 Å². The standard InChI is InChI=1S/C8H15N3O4S/c1-2-10-16(14,15)4-3-9-6-5-7(12)11-8(6)13/h6,9-10H,2-5H2,1H3,(H,11,12,13). The normalized spacial score (nSPS) is 21.2. The molecule has 1 saturated heterocycles. The number of carbonyl (C=O) groups excluding carboxylic acids is 2. The van der Waals surface area contributed by atoms with Crippen LogP contribution < -0.4 is 15.4 Å². The maximum atomic E-state index is 11.2. The number of sulfonamides is 1. The molecular weight excluding hydrogens is 234 g/mol. The van der Waals surface area contributed by atoms with Gasteiger partial charge in [-0.05, 0) is 0 Å². The number of imide groups is 1. The Hall–Kier alpha value is -0.990. The quantitative estimate of drug-likeness (QED) is 0.469. The molecule has 1 fully saturated rings. The molecule has 3 N–H and O–H groups in total. The van der Waals surface area contributed by atoms with E-state index in [4.69, 9.17) is 0 Å². The Labute approximate surface area is 94.0 Å². The molecule has 92 valence electrons. The van der Waals surface area contributed by atoms with Gasteiger partial charge in [-0.1, -0.05) is 6.92 Å². The minimum Gasteiger partial charge on any atom is -0.304 e. The average Bonchev–Trinajstić information content (AvgIpc) is 2.44. The van der Waals surface area contributed by atoms with Crippen LogP contribution >= 0.6 is 0 Å². The molecule has 2 amide bonds. The summed E-state index contributed by atoms with van der Waals surface area (Å²) in [7, 11) is -3.28. The van der Waals surface area contributed by atoms with E-state index in [2.05, 4.69) is 15.4 Å². The molecule has 1 unspecified atom stereocenters. The summed E-state index contributed by atoms with van der Waals surface area (Å²) in [5.74, 6) is -0.846. The summed E-state index contributed by atoms with van der Waals surface area (Å²) in [4.78, 5) is 21.9. The smallest absolute Gasteiger partial charge is 0.244 e. The topological polar surface area (TPSA) is 104 Å². The predicted octanol–water partition coefficient (Wildman–Crippen LogP) is -2.07. The minimum absolute atomic E-state index is 0.0695. The summed E-state index contributed by atoms with van der Waals surface area (Å²) in [5, 5.41) is 4.86. The molecule has 0 aliphatic carbocycles. The molecule has 8 heteroatoms. The Morgan fingerprint density at radius 3 is 2.62 bits per heavy atom. The van der Waals surface area contributed by atoms with Gasteiger partial charge in [-0.25, -0.2) is 13.1 Å². The molecule has 1 rings (SSSR count). The van der Waals surface area contributed by atoms with Crippen molar-refractivity contribution in [3.05, 3.63) is 0 Å². The van der Waals surface area contributed by atoms with Crippen molar-refractivity contribution in [1.82, 2.24) is 15.4 Å². The minimum atomic E-state index is -3.28. The summed E-state index contributed by atoms with van der Waals surface area (Å²) in [6.45, 7) is 2.17. The fourth-order valence-electron chi connectivity index (χ4n) is 1.38. The second-order valence-electron chi connectivity index (χ2n) is 3.44. The van der Waals surface area contributed by atoms with Crippen LogP contribution in [0.1, 0.15) is 13.3 Å². The summed E-state index contributed by atoms with van der Waals surface area (Å²) < 4.78 is 24.8. The zero-order valence-electron chi connectivity index (χ0n) is 8.95. The molecule has 1 aliphatic heterocycles. The third-order valence-corrected chi connectivity index (χ3v) is 3.56. The summed E-state index contributed by atoms with van der Waals surface area (Å²) in [6, 6.07) is -0.607. The Kier molecular flexibility index (Phi) is 4.39. The first kappa shape index (κ1) is 13.1. The fourth-order valence-corrected chi connectivity index (χ4v) is 2.35. The monoisotopic (exact) mass is 249 g/mol. The maximum Gasteiger partial charge on any atom is 0.244 e. The summed E-state index contributed by atoms with van der Waals surface area (Å²) in [6.07, 6.45) is 0.0695. The van der Waals surface area contributed by atoms with Crippen molar-refractivity contribution in [2.75, 3.05) is 18.8 Å². The Balaban J connectivity index is 2.31. The Morgan fingerprint density at radius 2 is 2.12 bits per heavy atom. The molecule has 0 aromatic rings. The first-order valence-electron chi connectivity index (χ1n) is 4.99. The first-order valence-corrected chi connectivity index (χ1v) is 6.64. The third-order valence-electron chi connectivity index (χ3n) is 2.09. The van der Waals surface area contributed by atoms with Crippen LogP contribution in [0, 0.1) is 0 Å². The van der Waals surface area contributed by atoms with Crippen LogP contribution in [0.4, 0.5) is 0 Å². The number of hydrogen-bond donors (Lipinski definition) is 3. The number of rotatable bonds is 6. The fraction of sp³-hybridized carbons (Fsp3) is 0.750. The molecule has 0 aromatic heterocycles.